The number of aromatic nitrogens is 5. The molecule has 9 nitrogen and oxygen atoms in total. The number of H-pyrrole nitrogens is 2. The molecule has 0 aliphatic carbocycles. The van der Waals surface area contributed by atoms with Gasteiger partial charge in [-0.25, -0.2) is 4.79 Å². The second-order valence-electron chi connectivity index (χ2n) is 5.64. The minimum absolute atomic E-state index is 0.189. The number of carbonyl (C=O) groups is 1. The minimum atomic E-state index is -0.287. The van der Waals surface area contributed by atoms with Crippen LogP contribution in [0.3, 0.4) is 0 Å². The van der Waals surface area contributed by atoms with Gasteiger partial charge in [-0.15, -0.1) is 0 Å². The number of anilines is 1. The highest BCUT2D eigenvalue weighted by atomic mass is 16.5. The largest absolute Gasteiger partial charge is 0.339 e. The first-order valence-corrected chi connectivity index (χ1v) is 7.92. The summed E-state index contributed by atoms with van der Waals surface area (Å²) in [6.45, 7) is 0. The smallest absolute Gasteiger partial charge is 0.323 e. The van der Waals surface area contributed by atoms with Crippen molar-refractivity contribution in [3.63, 3.8) is 0 Å². The van der Waals surface area contributed by atoms with Gasteiger partial charge in [-0.3, -0.25) is 9.78 Å². The molecule has 3 heterocycles. The van der Waals surface area contributed by atoms with Crippen LogP contribution in [0.25, 0.3) is 22.4 Å². The lowest BCUT2D eigenvalue weighted by Gasteiger charge is -2.04. The molecule has 3 N–H and O–H groups in total. The van der Waals surface area contributed by atoms with E-state index in [4.69, 9.17) is 4.52 Å². The summed E-state index contributed by atoms with van der Waals surface area (Å²) < 4.78 is 5.17. The summed E-state index contributed by atoms with van der Waals surface area (Å²) in [5.74, 6) is 0.660. The number of imidazole rings is 1. The van der Waals surface area contributed by atoms with Crippen LogP contribution >= 0.6 is 0 Å². The molecule has 1 aromatic carbocycles. The van der Waals surface area contributed by atoms with Crippen molar-refractivity contribution in [2.75, 3.05) is 5.32 Å². The fraction of sp³-hybridized carbons (Fsp3) is 0.118. The molecule has 0 fully saturated rings. The second-order valence-corrected chi connectivity index (χ2v) is 5.64. The van der Waals surface area contributed by atoms with E-state index in [0.29, 0.717) is 34.9 Å². The lowest BCUT2D eigenvalue weighted by Crippen LogP contribution is -2.12. The Bertz CT molecular complexity index is 1110. The minimum Gasteiger partial charge on any atom is -0.339 e. The standard InChI is InChI=1S/C17H14N6O3/c24-14(19-11-1-2-12-13(9-11)21-17(25)20-12)3-4-15-22-16(23-26-15)10-5-7-18-8-6-10/h1-2,5-9H,3-4H2,(H,19,24)(H2,20,21,25). The fourth-order valence-corrected chi connectivity index (χ4v) is 2.53. The van der Waals surface area contributed by atoms with Crippen LogP contribution in [-0.2, 0) is 11.2 Å². The van der Waals surface area contributed by atoms with Crippen molar-refractivity contribution in [2.45, 2.75) is 12.8 Å². The number of pyridine rings is 1. The number of nitrogens with one attached hydrogen (secondary N) is 3. The number of aryl methyl sites for hydroxylation is 1. The number of hydrogen-bond donors (Lipinski definition) is 3. The van der Waals surface area contributed by atoms with Crippen molar-refractivity contribution in [1.82, 2.24) is 25.1 Å². The molecule has 0 saturated carbocycles. The molecule has 0 aliphatic rings. The SMILES string of the molecule is O=C(CCc1nc(-c2ccncc2)no1)Nc1ccc2[nH]c(=O)[nH]c2c1. The number of nitrogens with zero attached hydrogens (tertiary/aromatic N) is 3. The van der Waals surface area contributed by atoms with Crippen LogP contribution in [0, 0.1) is 0 Å². The van der Waals surface area contributed by atoms with E-state index in [-0.39, 0.29) is 18.0 Å². The van der Waals surface area contributed by atoms with Crippen LogP contribution in [-0.4, -0.2) is 31.0 Å². The lowest BCUT2D eigenvalue weighted by molar-refractivity contribution is -0.116. The van der Waals surface area contributed by atoms with Crippen molar-refractivity contribution in [3.8, 4) is 11.4 Å². The highest BCUT2D eigenvalue weighted by Crippen LogP contribution is 2.16. The van der Waals surface area contributed by atoms with Crippen LogP contribution in [0.15, 0.2) is 52.0 Å². The molecule has 4 aromatic rings. The number of benzene rings is 1. The van der Waals surface area contributed by atoms with Crippen molar-refractivity contribution in [3.05, 3.63) is 59.1 Å². The van der Waals surface area contributed by atoms with Crippen LogP contribution in [0.4, 0.5) is 5.69 Å². The van der Waals surface area contributed by atoms with Crippen LogP contribution in [0.1, 0.15) is 12.3 Å². The van der Waals surface area contributed by atoms with Crippen molar-refractivity contribution in [1.29, 1.82) is 0 Å². The van der Waals surface area contributed by atoms with E-state index in [0.717, 1.165) is 5.56 Å². The van der Waals surface area contributed by atoms with Crippen molar-refractivity contribution >= 4 is 22.6 Å². The van der Waals surface area contributed by atoms with E-state index in [1.807, 2.05) is 0 Å². The van der Waals surface area contributed by atoms with Crippen molar-refractivity contribution < 1.29 is 9.32 Å². The maximum Gasteiger partial charge on any atom is 0.323 e. The number of aromatic amines is 2. The average Bonchev–Trinajstić information content (AvgIpc) is 3.26. The Labute approximate surface area is 146 Å². The average molecular weight is 350 g/mol. The summed E-state index contributed by atoms with van der Waals surface area (Å²) in [5, 5.41) is 6.68. The predicted octanol–water partition coefficient (Wildman–Crippen LogP) is 1.87. The molecule has 4 rings (SSSR count). The summed E-state index contributed by atoms with van der Waals surface area (Å²) in [4.78, 5) is 36.9. The summed E-state index contributed by atoms with van der Waals surface area (Å²) >= 11 is 0. The van der Waals surface area contributed by atoms with Gasteiger partial charge < -0.3 is 19.8 Å². The van der Waals surface area contributed by atoms with Gasteiger partial charge in [0.25, 0.3) is 0 Å². The maximum absolute atomic E-state index is 12.1. The molecule has 0 atom stereocenters. The first-order chi connectivity index (χ1) is 12.7. The number of hydrogen-bond acceptors (Lipinski definition) is 6. The van der Waals surface area contributed by atoms with E-state index in [2.05, 4.69) is 30.4 Å². The Morgan fingerprint density at radius 3 is 2.77 bits per heavy atom. The van der Waals surface area contributed by atoms with Crippen molar-refractivity contribution in [2.24, 2.45) is 0 Å². The van der Waals surface area contributed by atoms with Gasteiger partial charge in [0.05, 0.1) is 11.0 Å². The molecule has 0 bridgehead atoms. The first kappa shape index (κ1) is 15.8. The summed E-state index contributed by atoms with van der Waals surface area (Å²) in [6, 6.07) is 8.70. The zero-order chi connectivity index (χ0) is 17.9. The third-order valence-corrected chi connectivity index (χ3v) is 3.77. The third kappa shape index (κ3) is 3.36. The number of rotatable bonds is 5. The van der Waals surface area contributed by atoms with Gasteiger partial charge in [0.15, 0.2) is 0 Å². The van der Waals surface area contributed by atoms with E-state index < -0.39 is 0 Å². The molecule has 0 radical (unpaired) electrons. The molecule has 3 aromatic heterocycles. The summed E-state index contributed by atoms with van der Waals surface area (Å²) in [5.41, 5.74) is 2.42. The molecule has 9 heteroatoms. The van der Waals surface area contributed by atoms with Crippen LogP contribution < -0.4 is 11.0 Å². The molecular weight excluding hydrogens is 336 g/mol. The molecule has 26 heavy (non-hydrogen) atoms. The van der Waals surface area contributed by atoms with Gasteiger partial charge >= 0.3 is 5.69 Å². The number of fused-ring (bicyclic) bond motifs is 1. The quantitative estimate of drug-likeness (QED) is 0.504. The van der Waals surface area contributed by atoms with Gasteiger partial charge in [-0.2, -0.15) is 4.98 Å². The molecule has 0 saturated heterocycles. The van der Waals surface area contributed by atoms with Gasteiger partial charge in [0.1, 0.15) is 0 Å². The Balaban J connectivity index is 1.37. The molecule has 0 aliphatic heterocycles. The highest BCUT2D eigenvalue weighted by Gasteiger charge is 2.11. The Hall–Kier alpha value is -3.75. The Kier molecular flexibility index (Phi) is 4.02. The zero-order valence-corrected chi connectivity index (χ0v) is 13.5. The lowest BCUT2D eigenvalue weighted by atomic mass is 10.2. The zero-order valence-electron chi connectivity index (χ0n) is 13.5. The molecule has 130 valence electrons. The van der Waals surface area contributed by atoms with Crippen LogP contribution in [0.5, 0.6) is 0 Å². The summed E-state index contributed by atoms with van der Waals surface area (Å²) in [7, 11) is 0. The normalized spacial score (nSPS) is 10.9. The maximum atomic E-state index is 12.1. The monoisotopic (exact) mass is 350 g/mol. The Morgan fingerprint density at radius 1 is 1.12 bits per heavy atom. The van der Waals surface area contributed by atoms with Gasteiger partial charge in [0.2, 0.25) is 17.6 Å². The van der Waals surface area contributed by atoms with Gasteiger partial charge in [0, 0.05) is 36.5 Å². The van der Waals surface area contributed by atoms with Crippen LogP contribution in [0.2, 0.25) is 0 Å². The third-order valence-electron chi connectivity index (χ3n) is 3.77. The molecule has 0 unspecified atom stereocenters. The molecular formula is C17H14N6O3. The summed E-state index contributed by atoms with van der Waals surface area (Å²) in [6.07, 6.45) is 3.81. The molecule has 1 amide bonds. The number of amides is 1. The van der Waals surface area contributed by atoms with E-state index in [1.165, 1.54) is 0 Å². The predicted molar refractivity (Wildman–Crippen MR) is 93.4 cm³/mol. The number of carbonyl (C=O) groups excluding carboxylic acids is 1. The second kappa shape index (κ2) is 6.63. The van der Waals surface area contributed by atoms with E-state index >= 15 is 0 Å². The van der Waals surface area contributed by atoms with Gasteiger partial charge in [-0.05, 0) is 30.3 Å². The van der Waals surface area contributed by atoms with E-state index in [1.54, 1.807) is 42.7 Å². The van der Waals surface area contributed by atoms with Gasteiger partial charge in [-0.1, -0.05) is 5.16 Å². The molecule has 0 spiro atoms. The highest BCUT2D eigenvalue weighted by molar-refractivity contribution is 5.93. The fourth-order valence-electron chi connectivity index (χ4n) is 2.53. The Morgan fingerprint density at radius 2 is 1.92 bits per heavy atom. The first-order valence-electron chi connectivity index (χ1n) is 7.92. The van der Waals surface area contributed by atoms with E-state index in [9.17, 15) is 9.59 Å². The topological polar surface area (TPSA) is 130 Å².